The third kappa shape index (κ3) is 4.17. The van der Waals surface area contributed by atoms with E-state index in [-0.39, 0.29) is 28.4 Å². The van der Waals surface area contributed by atoms with E-state index in [4.69, 9.17) is 11.6 Å². The molecule has 8 heteroatoms. The Morgan fingerprint density at radius 2 is 1.92 bits per heavy atom. The molecule has 1 amide bonds. The van der Waals surface area contributed by atoms with Gasteiger partial charge in [0.1, 0.15) is 11.6 Å². The van der Waals surface area contributed by atoms with Crippen molar-refractivity contribution in [1.29, 1.82) is 0 Å². The van der Waals surface area contributed by atoms with E-state index in [1.54, 1.807) is 0 Å². The first-order valence-electron chi connectivity index (χ1n) is 6.73. The maximum absolute atomic E-state index is 13.4. The Labute approximate surface area is 139 Å². The number of alkyl halides is 3. The third-order valence-corrected chi connectivity index (χ3v) is 3.44. The van der Waals surface area contributed by atoms with Gasteiger partial charge in [0.2, 0.25) is 0 Å². The highest BCUT2D eigenvalue weighted by Gasteiger charge is 2.32. The van der Waals surface area contributed by atoms with Gasteiger partial charge in [-0.15, -0.1) is 0 Å². The summed E-state index contributed by atoms with van der Waals surface area (Å²) in [5, 5.41) is 12.2. The topological polar surface area (TPSA) is 49.3 Å². The molecule has 0 bridgehead atoms. The van der Waals surface area contributed by atoms with Crippen LogP contribution in [0.15, 0.2) is 36.4 Å². The van der Waals surface area contributed by atoms with Crippen molar-refractivity contribution in [3.05, 3.63) is 63.9 Å². The molecule has 3 nitrogen and oxygen atoms in total. The van der Waals surface area contributed by atoms with E-state index >= 15 is 0 Å². The largest absolute Gasteiger partial charge is 0.507 e. The monoisotopic (exact) mass is 361 g/mol. The Balaban J connectivity index is 2.17. The molecule has 0 aliphatic heterocycles. The number of benzene rings is 2. The van der Waals surface area contributed by atoms with Crippen LogP contribution in [-0.4, -0.2) is 17.7 Å². The number of phenols is 1. The predicted molar refractivity (Wildman–Crippen MR) is 80.6 cm³/mol. The summed E-state index contributed by atoms with van der Waals surface area (Å²) in [6, 6.07) is 6.20. The molecular weight excluding hydrogens is 350 g/mol. The van der Waals surface area contributed by atoms with Gasteiger partial charge in [0, 0.05) is 17.1 Å². The highest BCUT2D eigenvalue weighted by molar-refractivity contribution is 6.31. The lowest BCUT2D eigenvalue weighted by Crippen LogP contribution is -2.23. The number of rotatable bonds is 5. The molecule has 2 N–H and O–H groups in total. The van der Waals surface area contributed by atoms with E-state index in [1.807, 2.05) is 0 Å². The second-order valence-electron chi connectivity index (χ2n) is 5.03. The summed E-state index contributed by atoms with van der Waals surface area (Å²) in [6.07, 6.45) is 0. The second-order valence-corrected chi connectivity index (χ2v) is 5.47. The summed E-state index contributed by atoms with van der Waals surface area (Å²) < 4.78 is 52.4. The first-order valence-corrected chi connectivity index (χ1v) is 7.11. The molecule has 0 aliphatic rings. The lowest BCUT2D eigenvalue weighted by molar-refractivity contribution is -0.0284. The normalized spacial score (nSPS) is 11.4. The van der Waals surface area contributed by atoms with Gasteiger partial charge in [-0.3, -0.25) is 4.79 Å². The van der Waals surface area contributed by atoms with Gasteiger partial charge in [-0.1, -0.05) is 11.6 Å². The first kappa shape index (κ1) is 18.1. The quantitative estimate of drug-likeness (QED) is 0.785. The molecule has 0 aromatic heterocycles. The summed E-state index contributed by atoms with van der Waals surface area (Å²) >= 11 is 5.73. The van der Waals surface area contributed by atoms with Crippen LogP contribution in [0, 0.1) is 5.82 Å². The zero-order valence-electron chi connectivity index (χ0n) is 12.1. The molecule has 0 spiro atoms. The standard InChI is InChI=1S/C16H12ClF4NO2/c17-11-1-2-14(23)13(6-11)15(24)22-7-9-3-10(5-12(19)4-9)16(20,21)8-18/h1-6,23H,7-8H2,(H,22,24). The average Bonchev–Trinajstić information content (AvgIpc) is 2.54. The smallest absolute Gasteiger partial charge is 0.301 e. The molecule has 24 heavy (non-hydrogen) atoms. The number of phenolic OH excluding ortho intramolecular Hbond substituents is 1. The summed E-state index contributed by atoms with van der Waals surface area (Å²) in [6.45, 7) is -2.25. The van der Waals surface area contributed by atoms with Crippen molar-refractivity contribution < 1.29 is 27.5 Å². The van der Waals surface area contributed by atoms with E-state index < -0.39 is 29.9 Å². The van der Waals surface area contributed by atoms with Crippen molar-refractivity contribution in [2.45, 2.75) is 12.5 Å². The molecule has 2 rings (SSSR count). The zero-order chi connectivity index (χ0) is 17.9. The predicted octanol–water partition coefficient (Wildman–Crippen LogP) is 4.18. The number of amides is 1. The van der Waals surface area contributed by atoms with Gasteiger partial charge in [-0.2, -0.15) is 8.78 Å². The summed E-state index contributed by atoms with van der Waals surface area (Å²) in [7, 11) is 0. The molecule has 0 saturated carbocycles. The van der Waals surface area contributed by atoms with Crippen LogP contribution >= 0.6 is 11.6 Å². The Hall–Kier alpha value is -2.28. The van der Waals surface area contributed by atoms with Crippen LogP contribution in [-0.2, 0) is 12.5 Å². The lowest BCUT2D eigenvalue weighted by Gasteiger charge is -2.14. The average molecular weight is 362 g/mol. The number of hydrogen-bond acceptors (Lipinski definition) is 2. The number of nitrogens with one attached hydrogen (secondary N) is 1. The minimum atomic E-state index is -3.81. The highest BCUT2D eigenvalue weighted by Crippen LogP contribution is 2.29. The fourth-order valence-electron chi connectivity index (χ4n) is 2.01. The van der Waals surface area contributed by atoms with Crippen molar-refractivity contribution in [3.8, 4) is 5.75 Å². The Morgan fingerprint density at radius 3 is 2.58 bits per heavy atom. The fourth-order valence-corrected chi connectivity index (χ4v) is 2.18. The molecule has 2 aromatic carbocycles. The molecule has 0 atom stereocenters. The minimum Gasteiger partial charge on any atom is -0.507 e. The Morgan fingerprint density at radius 1 is 1.21 bits per heavy atom. The van der Waals surface area contributed by atoms with Gasteiger partial charge < -0.3 is 10.4 Å². The van der Waals surface area contributed by atoms with Gasteiger partial charge in [0.25, 0.3) is 5.91 Å². The van der Waals surface area contributed by atoms with E-state index in [2.05, 4.69) is 5.32 Å². The van der Waals surface area contributed by atoms with Gasteiger partial charge >= 0.3 is 5.92 Å². The highest BCUT2D eigenvalue weighted by atomic mass is 35.5. The van der Waals surface area contributed by atoms with Gasteiger partial charge in [0.15, 0.2) is 6.67 Å². The summed E-state index contributed by atoms with van der Waals surface area (Å²) in [5.41, 5.74) is -0.916. The molecule has 0 aliphatic carbocycles. The zero-order valence-corrected chi connectivity index (χ0v) is 12.9. The molecule has 128 valence electrons. The second kappa shape index (κ2) is 7.09. The van der Waals surface area contributed by atoms with Crippen LogP contribution in [0.2, 0.25) is 5.02 Å². The van der Waals surface area contributed by atoms with E-state index in [1.165, 1.54) is 18.2 Å². The fraction of sp³-hybridized carbons (Fsp3) is 0.188. The summed E-state index contributed by atoms with van der Waals surface area (Å²) in [5.74, 6) is -5.83. The van der Waals surface area contributed by atoms with Crippen LogP contribution in [0.3, 0.4) is 0 Å². The molecular formula is C16H12ClF4NO2. The van der Waals surface area contributed by atoms with Crippen molar-refractivity contribution in [2.24, 2.45) is 0 Å². The molecule has 0 fully saturated rings. The SMILES string of the molecule is O=C(NCc1cc(F)cc(C(F)(F)CF)c1)c1cc(Cl)ccc1O. The number of carbonyl (C=O) groups is 1. The number of hydrogen-bond donors (Lipinski definition) is 2. The number of aromatic hydroxyl groups is 1. The van der Waals surface area contributed by atoms with Crippen molar-refractivity contribution in [2.75, 3.05) is 6.67 Å². The lowest BCUT2D eigenvalue weighted by atomic mass is 10.1. The Kier molecular flexibility index (Phi) is 5.33. The van der Waals surface area contributed by atoms with E-state index in [0.717, 1.165) is 12.1 Å². The van der Waals surface area contributed by atoms with Gasteiger partial charge in [0.05, 0.1) is 5.56 Å². The van der Waals surface area contributed by atoms with Gasteiger partial charge in [-0.25, -0.2) is 8.78 Å². The van der Waals surface area contributed by atoms with E-state index in [0.29, 0.717) is 6.07 Å². The molecule has 0 radical (unpaired) electrons. The Bertz CT molecular complexity index is 768. The van der Waals surface area contributed by atoms with Crippen molar-refractivity contribution >= 4 is 17.5 Å². The number of halogens is 5. The van der Waals surface area contributed by atoms with Crippen molar-refractivity contribution in [3.63, 3.8) is 0 Å². The third-order valence-electron chi connectivity index (χ3n) is 3.20. The first-order chi connectivity index (χ1) is 11.2. The van der Waals surface area contributed by atoms with Crippen LogP contribution in [0.5, 0.6) is 5.75 Å². The molecule has 0 unspecified atom stereocenters. The maximum Gasteiger partial charge on any atom is 0.301 e. The molecule has 0 heterocycles. The summed E-state index contributed by atoms with van der Waals surface area (Å²) in [4.78, 5) is 12.0. The van der Waals surface area contributed by atoms with Crippen LogP contribution in [0.4, 0.5) is 17.6 Å². The molecule has 2 aromatic rings. The maximum atomic E-state index is 13.4. The number of carbonyl (C=O) groups excluding carboxylic acids is 1. The minimum absolute atomic E-state index is 0.0213. The van der Waals surface area contributed by atoms with E-state index in [9.17, 15) is 27.5 Å². The molecule has 0 saturated heterocycles. The van der Waals surface area contributed by atoms with Crippen molar-refractivity contribution in [1.82, 2.24) is 5.32 Å². The van der Waals surface area contributed by atoms with Gasteiger partial charge in [-0.05, 0) is 42.0 Å². The van der Waals surface area contributed by atoms with Crippen LogP contribution in [0.1, 0.15) is 21.5 Å². The van der Waals surface area contributed by atoms with Crippen LogP contribution in [0.25, 0.3) is 0 Å². The van der Waals surface area contributed by atoms with Crippen LogP contribution < -0.4 is 5.32 Å².